The minimum absolute atomic E-state index is 0.826. The molecule has 0 aromatic heterocycles. The number of carboxylic acids is 1. The Labute approximate surface area is 120 Å². The Morgan fingerprint density at radius 1 is 1.40 bits per heavy atom. The van der Waals surface area contributed by atoms with E-state index >= 15 is 0 Å². The lowest BCUT2D eigenvalue weighted by Crippen LogP contribution is -2.24. The molecule has 0 bridgehead atoms. The van der Waals surface area contributed by atoms with Crippen LogP contribution in [0.3, 0.4) is 0 Å². The zero-order chi connectivity index (χ0) is 14.5. The lowest BCUT2D eigenvalue weighted by atomic mass is 10.1. The quantitative estimate of drug-likeness (QED) is 0.831. The van der Waals surface area contributed by atoms with Gasteiger partial charge in [-0.1, -0.05) is 18.9 Å². The van der Waals surface area contributed by atoms with Crippen LogP contribution in [0.2, 0.25) is 0 Å². The Hall–Kier alpha value is -1.77. The number of benzene rings is 1. The summed E-state index contributed by atoms with van der Waals surface area (Å²) in [5, 5.41) is 8.67. The van der Waals surface area contributed by atoms with Crippen LogP contribution in [-0.4, -0.2) is 24.7 Å². The molecule has 0 saturated heterocycles. The van der Waals surface area contributed by atoms with Crippen LogP contribution >= 0.6 is 0 Å². The van der Waals surface area contributed by atoms with Crippen molar-refractivity contribution in [2.45, 2.75) is 32.6 Å². The number of hydrogen-bond donors (Lipinski definition) is 1. The average Bonchev–Trinajstić information content (AvgIpc) is 2.89. The molecule has 0 heterocycles. The molecule has 1 aliphatic rings. The first-order valence-electron chi connectivity index (χ1n) is 7.29. The lowest BCUT2D eigenvalue weighted by molar-refractivity contribution is -0.131. The maximum atomic E-state index is 10.6. The second-order valence-corrected chi connectivity index (χ2v) is 5.74. The van der Waals surface area contributed by atoms with Crippen LogP contribution in [0.15, 0.2) is 24.3 Å². The summed E-state index contributed by atoms with van der Waals surface area (Å²) in [6.07, 6.45) is 8.28. The Morgan fingerprint density at radius 3 is 2.70 bits per heavy atom. The van der Waals surface area contributed by atoms with E-state index in [0.717, 1.165) is 23.6 Å². The summed E-state index contributed by atoms with van der Waals surface area (Å²) < 4.78 is 0. The highest BCUT2D eigenvalue weighted by Gasteiger charge is 2.17. The molecule has 0 spiro atoms. The fourth-order valence-electron chi connectivity index (χ4n) is 2.93. The van der Waals surface area contributed by atoms with E-state index in [9.17, 15) is 4.79 Å². The molecule has 0 amide bonds. The standard InChI is InChI=1S/C17H23NO2/c1-13-11-16(9-7-15(13)8-10-17(19)20)18(2)12-14-5-3-4-6-14/h7-11,14H,3-6,12H2,1-2H3,(H,19,20). The molecule has 0 unspecified atom stereocenters. The largest absolute Gasteiger partial charge is 0.478 e. The molecule has 0 atom stereocenters. The Balaban J connectivity index is 2.05. The minimum atomic E-state index is -0.910. The fraction of sp³-hybridized carbons (Fsp3) is 0.471. The maximum absolute atomic E-state index is 10.6. The van der Waals surface area contributed by atoms with Crippen molar-refractivity contribution >= 4 is 17.7 Å². The van der Waals surface area contributed by atoms with Crippen molar-refractivity contribution in [1.82, 2.24) is 0 Å². The van der Waals surface area contributed by atoms with Crippen molar-refractivity contribution in [1.29, 1.82) is 0 Å². The maximum Gasteiger partial charge on any atom is 0.328 e. The van der Waals surface area contributed by atoms with Crippen molar-refractivity contribution in [3.8, 4) is 0 Å². The van der Waals surface area contributed by atoms with Crippen molar-refractivity contribution in [3.63, 3.8) is 0 Å². The number of anilines is 1. The molecule has 1 N–H and O–H groups in total. The van der Waals surface area contributed by atoms with E-state index in [1.165, 1.54) is 37.4 Å². The number of carbonyl (C=O) groups is 1. The number of carboxylic acid groups (broad SMARTS) is 1. The monoisotopic (exact) mass is 273 g/mol. The van der Waals surface area contributed by atoms with Crippen molar-refractivity contribution in [3.05, 3.63) is 35.4 Å². The zero-order valence-corrected chi connectivity index (χ0v) is 12.3. The summed E-state index contributed by atoms with van der Waals surface area (Å²) >= 11 is 0. The van der Waals surface area contributed by atoms with E-state index in [1.807, 2.05) is 13.0 Å². The van der Waals surface area contributed by atoms with Crippen LogP contribution in [0, 0.1) is 12.8 Å². The molecular formula is C17H23NO2. The molecule has 20 heavy (non-hydrogen) atoms. The predicted molar refractivity (Wildman–Crippen MR) is 83.1 cm³/mol. The number of rotatable bonds is 5. The highest BCUT2D eigenvalue weighted by atomic mass is 16.4. The third-order valence-corrected chi connectivity index (χ3v) is 4.11. The molecule has 3 nitrogen and oxygen atoms in total. The normalized spacial score (nSPS) is 15.9. The van der Waals surface area contributed by atoms with Crippen LogP contribution in [-0.2, 0) is 4.79 Å². The Bertz CT molecular complexity index is 502. The van der Waals surface area contributed by atoms with Crippen molar-refractivity contribution in [2.75, 3.05) is 18.5 Å². The van der Waals surface area contributed by atoms with E-state index in [1.54, 1.807) is 6.08 Å². The van der Waals surface area contributed by atoms with Crippen LogP contribution in [0.25, 0.3) is 6.08 Å². The molecule has 1 saturated carbocycles. The Morgan fingerprint density at radius 2 is 2.10 bits per heavy atom. The van der Waals surface area contributed by atoms with Gasteiger partial charge in [-0.3, -0.25) is 0 Å². The first-order chi connectivity index (χ1) is 9.56. The predicted octanol–water partition coefficient (Wildman–Crippen LogP) is 3.72. The molecule has 1 fully saturated rings. The zero-order valence-electron chi connectivity index (χ0n) is 12.3. The van der Waals surface area contributed by atoms with Crippen molar-refractivity contribution < 1.29 is 9.90 Å². The fourth-order valence-corrected chi connectivity index (χ4v) is 2.93. The summed E-state index contributed by atoms with van der Waals surface area (Å²) in [6.45, 7) is 3.14. The molecule has 0 radical (unpaired) electrons. The lowest BCUT2D eigenvalue weighted by Gasteiger charge is -2.23. The molecule has 1 aliphatic carbocycles. The van der Waals surface area contributed by atoms with E-state index < -0.39 is 5.97 Å². The van der Waals surface area contributed by atoms with Gasteiger partial charge >= 0.3 is 5.97 Å². The van der Waals surface area contributed by atoms with Crippen molar-refractivity contribution in [2.24, 2.45) is 5.92 Å². The highest BCUT2D eigenvalue weighted by molar-refractivity contribution is 5.85. The number of hydrogen-bond acceptors (Lipinski definition) is 2. The van der Waals surface area contributed by atoms with E-state index in [2.05, 4.69) is 24.1 Å². The molecule has 108 valence electrons. The number of aryl methyl sites for hydroxylation is 1. The van der Waals surface area contributed by atoms with Gasteiger partial charge in [0.05, 0.1) is 0 Å². The summed E-state index contributed by atoms with van der Waals surface area (Å²) in [5.74, 6) is -0.0845. The third-order valence-electron chi connectivity index (χ3n) is 4.11. The van der Waals surface area contributed by atoms with Gasteiger partial charge < -0.3 is 10.0 Å². The third kappa shape index (κ3) is 3.86. The molecular weight excluding hydrogens is 250 g/mol. The summed E-state index contributed by atoms with van der Waals surface area (Å²) in [6, 6.07) is 6.20. The number of aliphatic carboxylic acids is 1. The van der Waals surface area contributed by atoms with Crippen LogP contribution in [0.4, 0.5) is 5.69 Å². The van der Waals surface area contributed by atoms with Gasteiger partial charge in [0.25, 0.3) is 0 Å². The van der Waals surface area contributed by atoms with Gasteiger partial charge in [0.15, 0.2) is 0 Å². The summed E-state index contributed by atoms with van der Waals surface area (Å²) in [5.41, 5.74) is 3.28. The van der Waals surface area contributed by atoms with Crippen LogP contribution in [0.5, 0.6) is 0 Å². The highest BCUT2D eigenvalue weighted by Crippen LogP contribution is 2.27. The average molecular weight is 273 g/mol. The van der Waals surface area contributed by atoms with Gasteiger partial charge in [-0.2, -0.15) is 0 Å². The van der Waals surface area contributed by atoms with Gasteiger partial charge in [-0.15, -0.1) is 0 Å². The van der Waals surface area contributed by atoms with Gasteiger partial charge in [-0.05, 0) is 55.0 Å². The van der Waals surface area contributed by atoms with E-state index in [-0.39, 0.29) is 0 Å². The van der Waals surface area contributed by atoms with Gasteiger partial charge in [0, 0.05) is 25.4 Å². The second-order valence-electron chi connectivity index (χ2n) is 5.74. The number of nitrogens with zero attached hydrogens (tertiary/aromatic N) is 1. The van der Waals surface area contributed by atoms with Crippen LogP contribution in [0.1, 0.15) is 36.8 Å². The smallest absolute Gasteiger partial charge is 0.328 e. The summed E-state index contributed by atoms with van der Waals surface area (Å²) in [4.78, 5) is 12.9. The summed E-state index contributed by atoms with van der Waals surface area (Å²) in [7, 11) is 2.14. The Kier molecular flexibility index (Phi) is 4.83. The van der Waals surface area contributed by atoms with Gasteiger partial charge in [0.1, 0.15) is 0 Å². The van der Waals surface area contributed by atoms with E-state index in [4.69, 9.17) is 5.11 Å². The molecule has 1 aromatic rings. The molecule has 1 aromatic carbocycles. The van der Waals surface area contributed by atoms with E-state index in [0.29, 0.717) is 0 Å². The second kappa shape index (κ2) is 6.60. The molecule has 0 aliphatic heterocycles. The molecule has 2 rings (SSSR count). The first-order valence-corrected chi connectivity index (χ1v) is 7.29. The van der Waals surface area contributed by atoms with Gasteiger partial charge in [0.2, 0.25) is 0 Å². The first kappa shape index (κ1) is 14.6. The van der Waals surface area contributed by atoms with Crippen LogP contribution < -0.4 is 4.90 Å². The topological polar surface area (TPSA) is 40.5 Å². The van der Waals surface area contributed by atoms with Gasteiger partial charge in [-0.25, -0.2) is 4.79 Å². The SMILES string of the molecule is Cc1cc(N(C)CC2CCCC2)ccc1C=CC(=O)O. The molecule has 3 heteroatoms. The minimum Gasteiger partial charge on any atom is -0.478 e.